The zero-order valence-electron chi connectivity index (χ0n) is 23.5. The molecule has 1 unspecified atom stereocenters. The van der Waals surface area contributed by atoms with Gasteiger partial charge < -0.3 is 24.0 Å². The Hall–Kier alpha value is -4.18. The average molecular weight is 562 g/mol. The number of carbonyl (C=O) groups is 2. The predicted molar refractivity (Wildman–Crippen MR) is 152 cm³/mol. The largest absolute Gasteiger partial charge is 0.481 e. The molecule has 10 nitrogen and oxygen atoms in total. The maximum absolute atomic E-state index is 13.9. The Morgan fingerprint density at radius 3 is 2.71 bits per heavy atom. The first kappa shape index (κ1) is 28.4. The van der Waals surface area contributed by atoms with Crippen molar-refractivity contribution in [2.45, 2.75) is 44.7 Å². The number of carboxylic acid groups (broad SMARTS) is 1. The highest BCUT2D eigenvalue weighted by Gasteiger charge is 2.47. The molecule has 2 aromatic heterocycles. The van der Waals surface area contributed by atoms with Crippen LogP contribution in [0.15, 0.2) is 71.9 Å². The molecule has 0 saturated carbocycles. The number of aliphatic carboxylic acids is 1. The zero-order valence-corrected chi connectivity index (χ0v) is 23.5. The number of benzene rings is 1. The van der Waals surface area contributed by atoms with E-state index in [1.165, 1.54) is 6.07 Å². The van der Waals surface area contributed by atoms with Gasteiger partial charge in [0.15, 0.2) is 23.9 Å². The van der Waals surface area contributed by atoms with Crippen molar-refractivity contribution in [3.05, 3.63) is 83.0 Å². The number of anilines is 1. The third-order valence-corrected chi connectivity index (χ3v) is 8.03. The Morgan fingerprint density at radius 1 is 1.12 bits per heavy atom. The van der Waals surface area contributed by atoms with E-state index < -0.39 is 17.9 Å². The van der Waals surface area contributed by atoms with Crippen LogP contribution >= 0.6 is 0 Å². The van der Waals surface area contributed by atoms with Crippen molar-refractivity contribution in [3.63, 3.8) is 0 Å². The van der Waals surface area contributed by atoms with E-state index in [2.05, 4.69) is 6.92 Å². The second kappa shape index (κ2) is 12.6. The smallest absolute Gasteiger partial charge is 0.308 e. The van der Waals surface area contributed by atoms with Gasteiger partial charge in [0.25, 0.3) is 0 Å². The van der Waals surface area contributed by atoms with Gasteiger partial charge >= 0.3 is 5.97 Å². The second-order valence-electron chi connectivity index (χ2n) is 10.7. The number of rotatable bonds is 11. The molecule has 1 aromatic carbocycles. The lowest BCUT2D eigenvalue weighted by Gasteiger charge is -2.29. The van der Waals surface area contributed by atoms with Crippen LogP contribution in [0, 0.1) is 5.92 Å². The van der Waals surface area contributed by atoms with Crippen LogP contribution in [0.1, 0.15) is 37.7 Å². The molecule has 41 heavy (non-hydrogen) atoms. The van der Waals surface area contributed by atoms with Crippen molar-refractivity contribution in [1.82, 2.24) is 9.47 Å². The molecule has 10 heteroatoms. The van der Waals surface area contributed by atoms with Crippen LogP contribution in [0.25, 0.3) is 0 Å². The molecule has 1 saturated heterocycles. The number of nitrogens with zero attached hydrogens (tertiary/aromatic N) is 4. The molecular formula is C31H37N4O6+. The lowest BCUT2D eigenvalue weighted by atomic mass is 9.84. The number of fused-ring (bicyclic) bond motifs is 1. The number of amides is 1. The summed E-state index contributed by atoms with van der Waals surface area (Å²) >= 11 is 0. The average Bonchev–Trinajstić information content (AvgIpc) is 3.57. The highest BCUT2D eigenvalue weighted by atomic mass is 16.7. The van der Waals surface area contributed by atoms with Gasteiger partial charge in [0.2, 0.25) is 18.3 Å². The minimum atomic E-state index is -0.925. The van der Waals surface area contributed by atoms with E-state index in [1.54, 1.807) is 27.8 Å². The number of aromatic nitrogens is 2. The number of likely N-dealkylation sites (tertiary alicyclic amines) is 1. The SMILES string of the molecule is CCCCN(C(=O)CN1C[C@H](c2ccc3c(c2)OCO3)C(C(=O)O)[C@@H]1CCn1ccccc1=O)c1ccc[n+](C)c1. The van der Waals surface area contributed by atoms with Crippen molar-refractivity contribution in [1.29, 1.82) is 0 Å². The monoisotopic (exact) mass is 561 g/mol. The first-order chi connectivity index (χ1) is 19.9. The van der Waals surface area contributed by atoms with Gasteiger partial charge in [0.1, 0.15) is 12.7 Å². The predicted octanol–water partition coefficient (Wildman–Crippen LogP) is 2.79. The summed E-state index contributed by atoms with van der Waals surface area (Å²) in [5, 5.41) is 10.5. The summed E-state index contributed by atoms with van der Waals surface area (Å²) in [5.41, 5.74) is 1.49. The summed E-state index contributed by atoms with van der Waals surface area (Å²) in [7, 11) is 1.92. The van der Waals surface area contributed by atoms with Gasteiger partial charge in [0, 0.05) is 49.9 Å². The van der Waals surface area contributed by atoms with E-state index in [4.69, 9.17) is 9.47 Å². The van der Waals surface area contributed by atoms with Gasteiger partial charge in [-0.3, -0.25) is 19.3 Å². The number of hydrogen-bond donors (Lipinski definition) is 1. The van der Waals surface area contributed by atoms with E-state index in [1.807, 2.05) is 59.2 Å². The van der Waals surface area contributed by atoms with Crippen molar-refractivity contribution in [2.75, 3.05) is 31.3 Å². The Kier molecular flexibility index (Phi) is 8.68. The fourth-order valence-corrected chi connectivity index (χ4v) is 5.96. The van der Waals surface area contributed by atoms with Crippen LogP contribution in [0.2, 0.25) is 0 Å². The van der Waals surface area contributed by atoms with Gasteiger partial charge in [-0.2, -0.15) is 0 Å². The minimum Gasteiger partial charge on any atom is -0.481 e. The van der Waals surface area contributed by atoms with Crippen LogP contribution in [-0.2, 0) is 23.2 Å². The van der Waals surface area contributed by atoms with E-state index >= 15 is 0 Å². The fourth-order valence-electron chi connectivity index (χ4n) is 5.96. The maximum atomic E-state index is 13.9. The van der Waals surface area contributed by atoms with Crippen LogP contribution in [0.5, 0.6) is 11.5 Å². The molecule has 3 atom stereocenters. The maximum Gasteiger partial charge on any atom is 0.308 e. The van der Waals surface area contributed by atoms with Gasteiger partial charge in [-0.15, -0.1) is 0 Å². The molecule has 1 fully saturated rings. The third-order valence-electron chi connectivity index (χ3n) is 8.03. The molecular weight excluding hydrogens is 524 g/mol. The molecule has 0 radical (unpaired) electrons. The standard InChI is InChI=1S/C31H36N4O6/c1-3-4-15-35(23-8-7-13-32(2)18-23)29(37)20-34-19-24(22-10-11-26-27(17-22)41-21-40-26)30(31(38)39)25(34)12-16-33-14-6-5-9-28(33)36/h5-11,13-14,17-18,24-25,30H,3-4,12,15-16,19-21H2,1-2H3/p+1/t24-,25+,30?/m1/s1. The molecule has 2 aliphatic heterocycles. The Bertz CT molecular complexity index is 1460. The van der Waals surface area contributed by atoms with Crippen molar-refractivity contribution in [2.24, 2.45) is 13.0 Å². The quantitative estimate of drug-likeness (QED) is 0.359. The molecule has 4 heterocycles. The van der Waals surface area contributed by atoms with Gasteiger partial charge in [-0.05, 0) is 42.7 Å². The van der Waals surface area contributed by atoms with Crippen LogP contribution in [0.3, 0.4) is 0 Å². The minimum absolute atomic E-state index is 0.0709. The lowest BCUT2D eigenvalue weighted by Crippen LogP contribution is -2.45. The molecule has 2 aliphatic rings. The molecule has 0 bridgehead atoms. The summed E-state index contributed by atoms with van der Waals surface area (Å²) in [4.78, 5) is 42.9. The molecule has 216 valence electrons. The second-order valence-corrected chi connectivity index (χ2v) is 10.7. The fraction of sp³-hybridized carbons (Fsp3) is 0.419. The number of aryl methyl sites for hydroxylation is 2. The number of hydrogen-bond acceptors (Lipinski definition) is 6. The number of pyridine rings is 2. The van der Waals surface area contributed by atoms with Gasteiger partial charge in [0.05, 0.1) is 12.5 Å². The van der Waals surface area contributed by atoms with Crippen LogP contribution in [0.4, 0.5) is 5.69 Å². The summed E-state index contributed by atoms with van der Waals surface area (Å²) < 4.78 is 14.5. The highest BCUT2D eigenvalue weighted by molar-refractivity contribution is 5.94. The van der Waals surface area contributed by atoms with E-state index in [9.17, 15) is 19.5 Å². The summed E-state index contributed by atoms with van der Waals surface area (Å²) in [6.07, 6.45) is 7.74. The number of carboxylic acids is 1. The van der Waals surface area contributed by atoms with Gasteiger partial charge in [-0.25, -0.2) is 4.57 Å². The number of unbranched alkanes of at least 4 members (excludes halogenated alkanes) is 1. The highest BCUT2D eigenvalue weighted by Crippen LogP contribution is 2.42. The van der Waals surface area contributed by atoms with Crippen molar-refractivity contribution < 1.29 is 28.7 Å². The van der Waals surface area contributed by atoms with Crippen LogP contribution in [-0.4, -0.2) is 58.9 Å². The zero-order chi connectivity index (χ0) is 28.9. The molecule has 1 amide bonds. The van der Waals surface area contributed by atoms with E-state index in [0.717, 1.165) is 24.1 Å². The summed E-state index contributed by atoms with van der Waals surface area (Å²) in [6.45, 7) is 3.60. The Morgan fingerprint density at radius 2 is 1.95 bits per heavy atom. The molecule has 1 N–H and O–H groups in total. The Balaban J connectivity index is 1.46. The summed E-state index contributed by atoms with van der Waals surface area (Å²) in [6, 6.07) is 13.9. The van der Waals surface area contributed by atoms with E-state index in [-0.39, 0.29) is 30.7 Å². The molecule has 0 aliphatic carbocycles. The first-order valence-electron chi connectivity index (χ1n) is 14.1. The lowest BCUT2D eigenvalue weighted by molar-refractivity contribution is -0.670. The topological polar surface area (TPSA) is 105 Å². The van der Waals surface area contributed by atoms with E-state index in [0.29, 0.717) is 37.6 Å². The first-order valence-corrected chi connectivity index (χ1v) is 14.1. The van der Waals surface area contributed by atoms with Crippen LogP contribution < -0.4 is 24.5 Å². The molecule has 3 aromatic rings. The number of carbonyl (C=O) groups excluding carboxylic acids is 1. The van der Waals surface area contributed by atoms with Gasteiger partial charge in [-0.1, -0.05) is 25.5 Å². The Labute approximate surface area is 239 Å². The molecule has 5 rings (SSSR count). The molecule has 0 spiro atoms. The normalized spacial score (nSPS) is 19.8. The number of ether oxygens (including phenoxy) is 2. The summed E-state index contributed by atoms with van der Waals surface area (Å²) in [5.74, 6) is -0.926. The van der Waals surface area contributed by atoms with Crippen molar-refractivity contribution >= 4 is 17.6 Å². The third kappa shape index (κ3) is 6.27. The van der Waals surface area contributed by atoms with Crippen molar-refractivity contribution in [3.8, 4) is 11.5 Å².